The van der Waals surface area contributed by atoms with Crippen molar-refractivity contribution in [3.63, 3.8) is 0 Å². The van der Waals surface area contributed by atoms with E-state index in [0.29, 0.717) is 12.2 Å². The molecule has 3 aromatic rings. The number of ketones is 1. The van der Waals surface area contributed by atoms with Gasteiger partial charge in [0.25, 0.3) is 0 Å². The number of carbonyl (C=O) groups excluding carboxylic acids is 3. The number of likely N-dealkylation sites (tertiary alicyclic amines) is 1. The Morgan fingerprint density at radius 1 is 0.895 bits per heavy atom. The molecule has 1 saturated heterocycles. The number of amides is 1. The topological polar surface area (TPSA) is 93.1 Å². The smallest absolute Gasteiger partial charge is 0.335 e. The number of aliphatic hydroxyl groups is 1. The molecule has 0 aromatic heterocycles. The van der Waals surface area contributed by atoms with Crippen LogP contribution in [-0.2, 0) is 32.2 Å². The Balaban J connectivity index is 1.65. The zero-order chi connectivity index (χ0) is 26.9. The molecule has 1 amide bonds. The molecule has 198 valence electrons. The Kier molecular flexibility index (Phi) is 9.40. The van der Waals surface area contributed by atoms with Crippen LogP contribution in [0.15, 0.2) is 91.0 Å². The third-order valence-electron chi connectivity index (χ3n) is 6.90. The van der Waals surface area contributed by atoms with E-state index in [1.807, 2.05) is 66.7 Å². The van der Waals surface area contributed by atoms with E-state index < -0.39 is 30.0 Å². The molecule has 1 fully saturated rings. The first kappa shape index (κ1) is 27.2. The Labute approximate surface area is 223 Å². The number of hydrogen-bond donors (Lipinski definition) is 1. The van der Waals surface area contributed by atoms with Crippen LogP contribution >= 0.6 is 0 Å². The predicted octanol–water partition coefficient (Wildman–Crippen LogP) is 4.04. The van der Waals surface area contributed by atoms with Crippen molar-refractivity contribution in [2.75, 3.05) is 13.2 Å². The van der Waals surface area contributed by atoms with Crippen molar-refractivity contribution in [3.8, 4) is 0 Å². The van der Waals surface area contributed by atoms with Crippen molar-refractivity contribution in [1.82, 2.24) is 4.90 Å². The Morgan fingerprint density at radius 2 is 1.47 bits per heavy atom. The first-order valence-electron chi connectivity index (χ1n) is 12.9. The van der Waals surface area contributed by atoms with Gasteiger partial charge in [-0.3, -0.25) is 9.59 Å². The molecule has 38 heavy (non-hydrogen) atoms. The summed E-state index contributed by atoms with van der Waals surface area (Å²) < 4.78 is 11.2. The molecule has 3 aromatic carbocycles. The first-order valence-corrected chi connectivity index (χ1v) is 12.9. The minimum atomic E-state index is -1.58. The van der Waals surface area contributed by atoms with E-state index in [4.69, 9.17) is 9.47 Å². The summed E-state index contributed by atoms with van der Waals surface area (Å²) in [7, 11) is 0. The van der Waals surface area contributed by atoms with Gasteiger partial charge in [-0.15, -0.1) is 0 Å². The summed E-state index contributed by atoms with van der Waals surface area (Å²) in [4.78, 5) is 41.4. The van der Waals surface area contributed by atoms with Crippen molar-refractivity contribution in [2.45, 2.75) is 38.6 Å². The summed E-state index contributed by atoms with van der Waals surface area (Å²) >= 11 is 0. The SMILES string of the molecule is CCOC(=O)[C@@H](O)[C@@H]1[C@H](CC(=O)c2ccccc2)C(=O)N(Cc2ccccc2)[C@H]1COCc1ccccc1. The molecule has 0 radical (unpaired) electrons. The second-order valence-electron chi connectivity index (χ2n) is 9.39. The van der Waals surface area contributed by atoms with Crippen LogP contribution in [0, 0.1) is 11.8 Å². The summed E-state index contributed by atoms with van der Waals surface area (Å²) in [6.45, 7) is 2.41. The number of carbonyl (C=O) groups is 3. The summed E-state index contributed by atoms with van der Waals surface area (Å²) in [6, 6.07) is 27.2. The lowest BCUT2D eigenvalue weighted by atomic mass is 9.81. The number of Topliss-reactive ketones (excluding diaryl/α,β-unsaturated/α-hetero) is 1. The number of hydrogen-bond acceptors (Lipinski definition) is 6. The van der Waals surface area contributed by atoms with E-state index in [0.717, 1.165) is 11.1 Å². The molecule has 0 aliphatic carbocycles. The van der Waals surface area contributed by atoms with Crippen LogP contribution in [0.25, 0.3) is 0 Å². The molecule has 4 atom stereocenters. The van der Waals surface area contributed by atoms with Gasteiger partial charge in [-0.1, -0.05) is 91.0 Å². The fourth-order valence-corrected chi connectivity index (χ4v) is 5.05. The molecule has 0 saturated carbocycles. The number of aliphatic hydroxyl groups excluding tert-OH is 1. The average Bonchev–Trinajstić information content (AvgIpc) is 3.20. The normalized spacial score (nSPS) is 19.8. The molecule has 1 N–H and O–H groups in total. The van der Waals surface area contributed by atoms with Crippen LogP contribution in [0.1, 0.15) is 34.8 Å². The van der Waals surface area contributed by atoms with Gasteiger partial charge in [0.2, 0.25) is 5.91 Å². The maximum absolute atomic E-state index is 13.9. The molecular weight excluding hydrogens is 482 g/mol. The van der Waals surface area contributed by atoms with Gasteiger partial charge in [-0.05, 0) is 18.1 Å². The van der Waals surface area contributed by atoms with Gasteiger partial charge in [0.15, 0.2) is 11.9 Å². The lowest BCUT2D eigenvalue weighted by Gasteiger charge is -2.30. The highest BCUT2D eigenvalue weighted by Gasteiger charge is 2.53. The number of benzene rings is 3. The van der Waals surface area contributed by atoms with Crippen LogP contribution < -0.4 is 0 Å². The average molecular weight is 516 g/mol. The van der Waals surface area contributed by atoms with Crippen LogP contribution in [-0.4, -0.2) is 53.0 Å². The van der Waals surface area contributed by atoms with Crippen molar-refractivity contribution in [1.29, 1.82) is 0 Å². The summed E-state index contributed by atoms with van der Waals surface area (Å²) in [5.41, 5.74) is 2.33. The second-order valence-corrected chi connectivity index (χ2v) is 9.39. The minimum Gasteiger partial charge on any atom is -0.464 e. The molecule has 1 heterocycles. The van der Waals surface area contributed by atoms with Crippen molar-refractivity contribution in [2.24, 2.45) is 11.8 Å². The lowest BCUT2D eigenvalue weighted by Crippen LogP contribution is -2.45. The second kappa shape index (κ2) is 13.1. The molecule has 0 spiro atoms. The van der Waals surface area contributed by atoms with E-state index in [-0.39, 0.29) is 37.9 Å². The number of rotatable bonds is 12. The lowest BCUT2D eigenvalue weighted by molar-refractivity contribution is -0.158. The summed E-state index contributed by atoms with van der Waals surface area (Å²) in [5, 5.41) is 11.2. The molecule has 0 bridgehead atoms. The first-order chi connectivity index (χ1) is 18.5. The number of nitrogens with zero attached hydrogens (tertiary/aromatic N) is 1. The van der Waals surface area contributed by atoms with Gasteiger partial charge in [-0.2, -0.15) is 0 Å². The Bertz CT molecular complexity index is 1200. The van der Waals surface area contributed by atoms with E-state index in [1.165, 1.54) is 0 Å². The highest BCUT2D eigenvalue weighted by Crippen LogP contribution is 2.38. The largest absolute Gasteiger partial charge is 0.464 e. The standard InChI is InChI=1S/C31H33NO6/c1-2-38-31(36)29(34)28-25(18-27(33)24-16-10-5-11-17-24)30(35)32(19-22-12-6-3-7-13-22)26(28)21-37-20-23-14-8-4-9-15-23/h3-17,25-26,28-29,34H,2,18-21H2,1H3/t25-,26-,28+,29-/m0/s1. The number of ether oxygens (including phenoxy) is 2. The molecule has 4 rings (SSSR count). The molecule has 7 heteroatoms. The fraction of sp³-hybridized carbons (Fsp3) is 0.323. The van der Waals surface area contributed by atoms with Crippen LogP contribution in [0.3, 0.4) is 0 Å². The molecule has 1 aliphatic rings. The van der Waals surface area contributed by atoms with Crippen LogP contribution in [0.2, 0.25) is 0 Å². The maximum Gasteiger partial charge on any atom is 0.335 e. The highest BCUT2D eigenvalue weighted by atomic mass is 16.5. The third-order valence-corrected chi connectivity index (χ3v) is 6.90. The highest BCUT2D eigenvalue weighted by molar-refractivity contribution is 5.99. The van der Waals surface area contributed by atoms with Gasteiger partial charge in [0.1, 0.15) is 0 Å². The summed E-state index contributed by atoms with van der Waals surface area (Å²) in [6.07, 6.45) is -1.72. The Hall–Kier alpha value is -3.81. The van der Waals surface area contributed by atoms with Gasteiger partial charge in [0, 0.05) is 24.4 Å². The predicted molar refractivity (Wildman–Crippen MR) is 142 cm³/mol. The zero-order valence-corrected chi connectivity index (χ0v) is 21.4. The van der Waals surface area contributed by atoms with Gasteiger partial charge >= 0.3 is 5.97 Å². The molecule has 0 unspecified atom stereocenters. The Morgan fingerprint density at radius 3 is 2.08 bits per heavy atom. The number of esters is 1. The maximum atomic E-state index is 13.9. The van der Waals surface area contributed by atoms with Gasteiger partial charge in [-0.25, -0.2) is 4.79 Å². The fourth-order valence-electron chi connectivity index (χ4n) is 5.05. The summed E-state index contributed by atoms with van der Waals surface area (Å²) in [5.74, 6) is -3.11. The molecular formula is C31H33NO6. The van der Waals surface area contributed by atoms with Crippen LogP contribution in [0.4, 0.5) is 0 Å². The van der Waals surface area contributed by atoms with E-state index in [1.54, 1.807) is 36.1 Å². The van der Waals surface area contributed by atoms with E-state index >= 15 is 0 Å². The van der Waals surface area contributed by atoms with E-state index in [2.05, 4.69) is 0 Å². The zero-order valence-electron chi connectivity index (χ0n) is 21.4. The van der Waals surface area contributed by atoms with Gasteiger partial charge < -0.3 is 19.5 Å². The van der Waals surface area contributed by atoms with E-state index in [9.17, 15) is 19.5 Å². The third kappa shape index (κ3) is 6.54. The minimum absolute atomic E-state index is 0.0879. The molecule has 1 aliphatic heterocycles. The van der Waals surface area contributed by atoms with Crippen molar-refractivity contribution < 1.29 is 29.0 Å². The van der Waals surface area contributed by atoms with Crippen molar-refractivity contribution >= 4 is 17.7 Å². The monoisotopic (exact) mass is 515 g/mol. The van der Waals surface area contributed by atoms with Gasteiger partial charge in [0.05, 0.1) is 31.8 Å². The van der Waals surface area contributed by atoms with Crippen LogP contribution in [0.5, 0.6) is 0 Å². The quantitative estimate of drug-likeness (QED) is 0.289. The molecule has 7 nitrogen and oxygen atoms in total. The van der Waals surface area contributed by atoms with Crippen molar-refractivity contribution in [3.05, 3.63) is 108 Å².